The number of carbonyl (C=O) groups is 1. The van der Waals surface area contributed by atoms with E-state index in [-0.39, 0.29) is 18.8 Å². The molecular weight excluding hydrogens is 333 g/mol. The van der Waals surface area contributed by atoms with Crippen molar-refractivity contribution in [3.8, 4) is 0 Å². The molecule has 3 rings (SSSR count). The summed E-state index contributed by atoms with van der Waals surface area (Å²) in [6, 6.07) is 9.55. The summed E-state index contributed by atoms with van der Waals surface area (Å²) in [5.74, 6) is -3.28. The fourth-order valence-corrected chi connectivity index (χ4v) is 3.24. The summed E-state index contributed by atoms with van der Waals surface area (Å²) in [7, 11) is 0. The van der Waals surface area contributed by atoms with Crippen LogP contribution in [0.15, 0.2) is 36.7 Å². The van der Waals surface area contributed by atoms with E-state index in [2.05, 4.69) is 15.4 Å². The molecule has 134 valence electrons. The highest BCUT2D eigenvalue weighted by Gasteiger charge is 2.48. The van der Waals surface area contributed by atoms with Crippen molar-refractivity contribution in [1.29, 1.82) is 0 Å². The fraction of sp³-hybridized carbons (Fsp3) is 0.471. The first-order valence-corrected chi connectivity index (χ1v) is 8.24. The van der Waals surface area contributed by atoms with E-state index in [1.165, 1.54) is 11.0 Å². The van der Waals surface area contributed by atoms with Crippen LogP contribution < -0.4 is 5.32 Å². The van der Waals surface area contributed by atoms with Crippen molar-refractivity contribution >= 4 is 11.9 Å². The number of anilines is 1. The van der Waals surface area contributed by atoms with E-state index in [1.807, 2.05) is 30.3 Å². The molecule has 0 spiro atoms. The second-order valence-corrected chi connectivity index (χ2v) is 6.28. The van der Waals surface area contributed by atoms with Crippen LogP contribution in [0.4, 0.5) is 19.1 Å². The van der Waals surface area contributed by atoms with Gasteiger partial charge in [-0.25, -0.2) is 9.67 Å². The fourth-order valence-electron chi connectivity index (χ4n) is 3.24. The molecule has 0 bridgehead atoms. The number of alkyl halides is 3. The maximum absolute atomic E-state index is 13.1. The first-order valence-electron chi connectivity index (χ1n) is 8.24. The molecule has 0 radical (unpaired) electrons. The molecule has 0 aliphatic heterocycles. The average Bonchev–Trinajstić information content (AvgIpc) is 3.02. The van der Waals surface area contributed by atoms with E-state index in [9.17, 15) is 18.0 Å². The Morgan fingerprint density at radius 2 is 1.92 bits per heavy atom. The molecule has 2 atom stereocenters. The standard InChI is InChI=1S/C17H19F3N4O/c18-17(19,20)14-9-5-4-8-13(14)15(25)22-16-21-11-24(23-16)10-12-6-2-1-3-7-12/h1-3,6-7,11,13-14H,4-5,8-10H2,(H,22,23,25)/t13-,14+/m0/s1. The van der Waals surface area contributed by atoms with Crippen molar-refractivity contribution in [2.24, 2.45) is 11.8 Å². The highest BCUT2D eigenvalue weighted by Crippen LogP contribution is 2.41. The van der Waals surface area contributed by atoms with Crippen LogP contribution in [0.2, 0.25) is 0 Å². The predicted octanol–water partition coefficient (Wildman–Crippen LogP) is 3.63. The Balaban J connectivity index is 1.64. The van der Waals surface area contributed by atoms with Gasteiger partial charge in [-0.15, -0.1) is 5.10 Å². The van der Waals surface area contributed by atoms with Crippen molar-refractivity contribution in [3.05, 3.63) is 42.2 Å². The number of carbonyl (C=O) groups excluding carboxylic acids is 1. The molecule has 1 N–H and O–H groups in total. The monoisotopic (exact) mass is 352 g/mol. The molecule has 1 fully saturated rings. The normalized spacial score (nSPS) is 21.1. The van der Waals surface area contributed by atoms with Crippen molar-refractivity contribution in [2.45, 2.75) is 38.4 Å². The molecule has 2 aromatic rings. The minimum Gasteiger partial charge on any atom is -0.293 e. The summed E-state index contributed by atoms with van der Waals surface area (Å²) in [5.41, 5.74) is 1.01. The Hall–Kier alpha value is -2.38. The maximum atomic E-state index is 13.1. The van der Waals surface area contributed by atoms with Gasteiger partial charge in [-0.2, -0.15) is 13.2 Å². The minimum atomic E-state index is -4.36. The van der Waals surface area contributed by atoms with Gasteiger partial charge in [0.15, 0.2) is 0 Å². The van der Waals surface area contributed by atoms with Crippen molar-refractivity contribution in [2.75, 3.05) is 5.32 Å². The molecule has 0 saturated heterocycles. The summed E-state index contributed by atoms with van der Waals surface area (Å²) in [6.45, 7) is 0.471. The second kappa shape index (κ2) is 7.25. The lowest BCUT2D eigenvalue weighted by molar-refractivity contribution is -0.197. The van der Waals surface area contributed by atoms with Gasteiger partial charge in [0.1, 0.15) is 6.33 Å². The average molecular weight is 352 g/mol. The molecule has 1 aromatic heterocycles. The van der Waals surface area contributed by atoms with Crippen molar-refractivity contribution in [1.82, 2.24) is 14.8 Å². The zero-order valence-corrected chi connectivity index (χ0v) is 13.5. The van der Waals surface area contributed by atoms with Gasteiger partial charge in [-0.05, 0) is 18.4 Å². The molecule has 1 saturated carbocycles. The first kappa shape index (κ1) is 17.4. The van der Waals surface area contributed by atoms with Crippen LogP contribution in [0.5, 0.6) is 0 Å². The lowest BCUT2D eigenvalue weighted by atomic mass is 9.78. The topological polar surface area (TPSA) is 59.8 Å². The molecule has 1 aliphatic rings. The molecule has 1 heterocycles. The number of hydrogen-bond donors (Lipinski definition) is 1. The van der Waals surface area contributed by atoms with Gasteiger partial charge in [0.05, 0.1) is 12.5 Å². The van der Waals surface area contributed by atoms with Gasteiger partial charge < -0.3 is 0 Å². The summed E-state index contributed by atoms with van der Waals surface area (Å²) in [6.07, 6.45) is -1.55. The number of rotatable bonds is 4. The first-order chi connectivity index (χ1) is 11.9. The Kier molecular flexibility index (Phi) is 5.06. The second-order valence-electron chi connectivity index (χ2n) is 6.28. The Morgan fingerprint density at radius 1 is 1.20 bits per heavy atom. The number of aromatic nitrogens is 3. The molecule has 5 nitrogen and oxygen atoms in total. The number of nitrogens with one attached hydrogen (secondary N) is 1. The van der Waals surface area contributed by atoms with Crippen LogP contribution in [0.1, 0.15) is 31.2 Å². The van der Waals surface area contributed by atoms with Crippen LogP contribution in [-0.2, 0) is 11.3 Å². The lowest BCUT2D eigenvalue weighted by Gasteiger charge is -2.31. The van der Waals surface area contributed by atoms with Gasteiger partial charge >= 0.3 is 6.18 Å². The number of nitrogens with zero attached hydrogens (tertiary/aromatic N) is 3. The van der Waals surface area contributed by atoms with E-state index in [0.29, 0.717) is 19.4 Å². The third-order valence-corrected chi connectivity index (χ3v) is 4.48. The van der Waals surface area contributed by atoms with E-state index in [1.54, 1.807) is 0 Å². The molecule has 1 aromatic carbocycles. The number of halogens is 3. The van der Waals surface area contributed by atoms with Crippen LogP contribution in [0, 0.1) is 11.8 Å². The Labute approximate surface area is 143 Å². The molecule has 25 heavy (non-hydrogen) atoms. The Morgan fingerprint density at radius 3 is 2.64 bits per heavy atom. The summed E-state index contributed by atoms with van der Waals surface area (Å²) in [5, 5.41) is 6.56. The minimum absolute atomic E-state index is 0.00252. The van der Waals surface area contributed by atoms with Gasteiger partial charge in [0, 0.05) is 5.92 Å². The molecule has 0 unspecified atom stereocenters. The quantitative estimate of drug-likeness (QED) is 0.914. The molecular formula is C17H19F3N4O. The van der Waals surface area contributed by atoms with Crippen LogP contribution in [0.25, 0.3) is 0 Å². The maximum Gasteiger partial charge on any atom is 0.392 e. The van der Waals surface area contributed by atoms with Gasteiger partial charge in [-0.3, -0.25) is 10.1 Å². The highest BCUT2D eigenvalue weighted by atomic mass is 19.4. The zero-order valence-electron chi connectivity index (χ0n) is 13.5. The van der Waals surface area contributed by atoms with Crippen LogP contribution in [-0.4, -0.2) is 26.8 Å². The predicted molar refractivity (Wildman–Crippen MR) is 85.7 cm³/mol. The third-order valence-electron chi connectivity index (χ3n) is 4.48. The largest absolute Gasteiger partial charge is 0.392 e. The van der Waals surface area contributed by atoms with Crippen molar-refractivity contribution in [3.63, 3.8) is 0 Å². The third kappa shape index (κ3) is 4.37. The summed E-state index contributed by atoms with van der Waals surface area (Å²) >= 11 is 0. The van der Waals surface area contributed by atoms with E-state index in [4.69, 9.17) is 0 Å². The summed E-state index contributed by atoms with van der Waals surface area (Å²) in [4.78, 5) is 16.3. The summed E-state index contributed by atoms with van der Waals surface area (Å²) < 4.78 is 40.9. The molecule has 1 amide bonds. The van der Waals surface area contributed by atoms with Gasteiger partial charge in [0.2, 0.25) is 11.9 Å². The number of amides is 1. The van der Waals surface area contributed by atoms with Crippen LogP contribution in [0.3, 0.4) is 0 Å². The van der Waals surface area contributed by atoms with E-state index in [0.717, 1.165) is 5.56 Å². The Bertz CT molecular complexity index is 714. The van der Waals surface area contributed by atoms with Crippen LogP contribution >= 0.6 is 0 Å². The van der Waals surface area contributed by atoms with E-state index < -0.39 is 23.9 Å². The van der Waals surface area contributed by atoms with Crippen molar-refractivity contribution < 1.29 is 18.0 Å². The zero-order chi connectivity index (χ0) is 17.9. The molecule has 8 heteroatoms. The van der Waals surface area contributed by atoms with Gasteiger partial charge in [0.25, 0.3) is 0 Å². The SMILES string of the molecule is O=C(Nc1ncn(Cc2ccccc2)n1)[C@H]1CCCC[C@H]1C(F)(F)F. The van der Waals surface area contributed by atoms with E-state index >= 15 is 0 Å². The highest BCUT2D eigenvalue weighted by molar-refractivity contribution is 5.91. The van der Waals surface area contributed by atoms with Gasteiger partial charge in [-0.1, -0.05) is 43.2 Å². The number of benzene rings is 1. The lowest BCUT2D eigenvalue weighted by Crippen LogP contribution is -2.39. The molecule has 1 aliphatic carbocycles. The number of hydrogen-bond acceptors (Lipinski definition) is 3. The smallest absolute Gasteiger partial charge is 0.293 e.